The lowest BCUT2D eigenvalue weighted by Crippen LogP contribution is -2.60. The highest BCUT2D eigenvalue weighted by atomic mass is 79.9. The molecule has 1 saturated heterocycles. The fourth-order valence-electron chi connectivity index (χ4n) is 7.07. The van der Waals surface area contributed by atoms with Gasteiger partial charge in [-0.3, -0.25) is 9.59 Å². The van der Waals surface area contributed by atoms with Gasteiger partial charge in [0.25, 0.3) is 11.8 Å². The van der Waals surface area contributed by atoms with Crippen LogP contribution in [-0.2, 0) is 9.59 Å². The highest BCUT2D eigenvalue weighted by molar-refractivity contribution is 9.10. The topological polar surface area (TPSA) is 69.6 Å². The summed E-state index contributed by atoms with van der Waals surface area (Å²) in [4.78, 5) is 28.3. The van der Waals surface area contributed by atoms with Crippen molar-refractivity contribution in [3.8, 4) is 0 Å². The van der Waals surface area contributed by atoms with E-state index in [1.807, 2.05) is 24.3 Å². The van der Waals surface area contributed by atoms with E-state index in [0.29, 0.717) is 23.5 Å². The molecule has 4 bridgehead atoms. The molecule has 7 rings (SSSR count). The van der Waals surface area contributed by atoms with Crippen LogP contribution in [0, 0.1) is 17.8 Å². The molecule has 0 aromatic heterocycles. The fraction of sp³-hybridized carbons (Fsp3) is 0.565. The van der Waals surface area contributed by atoms with E-state index in [1.54, 1.807) is 16.7 Å². The number of aliphatic hydroxyl groups excluding tert-OH is 1. The predicted molar refractivity (Wildman–Crippen MR) is 119 cm³/mol. The molecule has 2 amide bonds. The first-order valence-corrected chi connectivity index (χ1v) is 12.7. The van der Waals surface area contributed by atoms with Crippen LogP contribution in [0.15, 0.2) is 40.1 Å². The smallest absolute Gasteiger partial charge is 0.264 e. The zero-order valence-corrected chi connectivity index (χ0v) is 19.0. The minimum atomic E-state index is -0.413. The molecule has 2 heterocycles. The molecule has 158 valence electrons. The molecule has 1 aromatic carbocycles. The standard InChI is InChI=1S/C23H25BrN2O3S/c24-16-3-1-2-15(7-16)22-26-17(11-30-22)19(27)18(21(26)29)20(28)25-23-8-12-4-13(9-23)6-14(5-12)10-23/h1-3,7,12-14,17,22,27H,4-6,8-11H2,(H,25,28)/t12?,13?,14?,17?,22-,23?/m0/s1. The number of carbonyl (C=O) groups is 2. The van der Waals surface area contributed by atoms with Gasteiger partial charge in [0.15, 0.2) is 0 Å². The minimum Gasteiger partial charge on any atom is -0.509 e. The maximum atomic E-state index is 13.3. The van der Waals surface area contributed by atoms with Gasteiger partial charge in [-0.05, 0) is 74.0 Å². The zero-order chi connectivity index (χ0) is 20.6. The molecule has 2 aliphatic heterocycles. The number of hydrogen-bond acceptors (Lipinski definition) is 4. The molecule has 5 fully saturated rings. The third-order valence-electron chi connectivity index (χ3n) is 7.80. The highest BCUT2D eigenvalue weighted by Gasteiger charge is 2.54. The Bertz CT molecular complexity index is 942. The Morgan fingerprint density at radius 3 is 2.47 bits per heavy atom. The first kappa shape index (κ1) is 19.2. The van der Waals surface area contributed by atoms with Gasteiger partial charge >= 0.3 is 0 Å². The second-order valence-electron chi connectivity index (χ2n) is 9.88. The summed E-state index contributed by atoms with van der Waals surface area (Å²) in [5, 5.41) is 13.9. The van der Waals surface area contributed by atoms with E-state index in [2.05, 4.69) is 21.2 Å². The Kier molecular flexibility index (Phi) is 4.34. The molecule has 4 aliphatic carbocycles. The van der Waals surface area contributed by atoms with E-state index in [4.69, 9.17) is 0 Å². The van der Waals surface area contributed by atoms with E-state index >= 15 is 0 Å². The molecule has 0 radical (unpaired) electrons. The SMILES string of the molecule is O=C(NC12CC3CC(CC(C3)C1)C2)C1=C(O)C2CS[C@@H](c3cccc(Br)c3)N2C1=O. The molecule has 5 nitrogen and oxygen atoms in total. The van der Waals surface area contributed by atoms with Crippen LogP contribution in [0.1, 0.15) is 49.5 Å². The number of carbonyl (C=O) groups excluding carboxylic acids is 2. The van der Waals surface area contributed by atoms with Gasteiger partial charge in [-0.25, -0.2) is 0 Å². The summed E-state index contributed by atoms with van der Waals surface area (Å²) in [6.45, 7) is 0. The van der Waals surface area contributed by atoms with Crippen molar-refractivity contribution >= 4 is 39.5 Å². The third-order valence-corrected chi connectivity index (χ3v) is 9.61. The molecule has 1 unspecified atom stereocenters. The second kappa shape index (κ2) is 6.76. The summed E-state index contributed by atoms with van der Waals surface area (Å²) >= 11 is 5.13. The number of benzene rings is 1. The first-order chi connectivity index (χ1) is 14.4. The quantitative estimate of drug-likeness (QED) is 0.622. The molecule has 2 N–H and O–H groups in total. The molecular weight excluding hydrogens is 464 g/mol. The van der Waals surface area contributed by atoms with Crippen LogP contribution >= 0.6 is 27.7 Å². The zero-order valence-electron chi connectivity index (χ0n) is 16.6. The lowest BCUT2D eigenvalue weighted by molar-refractivity contribution is -0.131. The molecule has 2 atom stereocenters. The normalized spacial score (nSPS) is 39.0. The van der Waals surface area contributed by atoms with Gasteiger partial charge < -0.3 is 15.3 Å². The van der Waals surface area contributed by atoms with E-state index in [-0.39, 0.29) is 34.1 Å². The molecule has 0 spiro atoms. The second-order valence-corrected chi connectivity index (χ2v) is 11.9. The number of nitrogens with one attached hydrogen (secondary N) is 1. The summed E-state index contributed by atoms with van der Waals surface area (Å²) < 4.78 is 0.952. The van der Waals surface area contributed by atoms with Crippen molar-refractivity contribution in [2.24, 2.45) is 17.8 Å². The van der Waals surface area contributed by atoms with Crippen molar-refractivity contribution in [3.63, 3.8) is 0 Å². The number of halogens is 1. The highest BCUT2D eigenvalue weighted by Crippen LogP contribution is 2.56. The van der Waals surface area contributed by atoms with Gasteiger partial charge in [0.2, 0.25) is 0 Å². The van der Waals surface area contributed by atoms with E-state index in [9.17, 15) is 14.7 Å². The molecule has 4 saturated carbocycles. The predicted octanol–water partition coefficient (Wildman–Crippen LogP) is 4.30. The van der Waals surface area contributed by atoms with Crippen molar-refractivity contribution in [2.45, 2.75) is 55.5 Å². The van der Waals surface area contributed by atoms with Gasteiger partial charge in [0, 0.05) is 15.8 Å². The van der Waals surface area contributed by atoms with Crippen molar-refractivity contribution < 1.29 is 14.7 Å². The number of amides is 2. The fourth-order valence-corrected chi connectivity index (χ4v) is 8.91. The number of rotatable bonds is 3. The third kappa shape index (κ3) is 2.88. The lowest BCUT2D eigenvalue weighted by atomic mass is 9.53. The largest absolute Gasteiger partial charge is 0.509 e. The number of fused-ring (bicyclic) bond motifs is 1. The van der Waals surface area contributed by atoms with E-state index in [0.717, 1.165) is 29.3 Å². The Morgan fingerprint density at radius 2 is 1.83 bits per heavy atom. The Hall–Kier alpha value is -1.47. The van der Waals surface area contributed by atoms with Crippen LogP contribution in [0.4, 0.5) is 0 Å². The van der Waals surface area contributed by atoms with Crippen molar-refractivity contribution in [3.05, 3.63) is 45.6 Å². The number of nitrogens with zero attached hydrogens (tertiary/aromatic N) is 1. The molecule has 1 aromatic rings. The summed E-state index contributed by atoms with van der Waals surface area (Å²) in [6.07, 6.45) is 6.96. The van der Waals surface area contributed by atoms with Crippen LogP contribution in [0.25, 0.3) is 0 Å². The Balaban J connectivity index is 1.25. The summed E-state index contributed by atoms with van der Waals surface area (Å²) in [5.41, 5.74) is 0.794. The minimum absolute atomic E-state index is 0.0314. The van der Waals surface area contributed by atoms with Gasteiger partial charge in [-0.2, -0.15) is 0 Å². The van der Waals surface area contributed by atoms with E-state index < -0.39 is 6.04 Å². The van der Waals surface area contributed by atoms with Gasteiger partial charge in [0.05, 0.1) is 0 Å². The van der Waals surface area contributed by atoms with Crippen LogP contribution in [0.5, 0.6) is 0 Å². The molecule has 7 heteroatoms. The average molecular weight is 489 g/mol. The van der Waals surface area contributed by atoms with Crippen molar-refractivity contribution in [1.29, 1.82) is 0 Å². The first-order valence-electron chi connectivity index (χ1n) is 10.9. The van der Waals surface area contributed by atoms with Crippen molar-refractivity contribution in [2.75, 3.05) is 5.75 Å². The molecular formula is C23H25BrN2O3S. The van der Waals surface area contributed by atoms with E-state index in [1.165, 1.54) is 19.3 Å². The lowest BCUT2D eigenvalue weighted by Gasteiger charge is -2.56. The van der Waals surface area contributed by atoms with Gasteiger partial charge in [-0.15, -0.1) is 11.8 Å². The maximum Gasteiger partial charge on any atom is 0.264 e. The molecule has 30 heavy (non-hydrogen) atoms. The van der Waals surface area contributed by atoms with Crippen LogP contribution in [0.3, 0.4) is 0 Å². The maximum absolute atomic E-state index is 13.3. The van der Waals surface area contributed by atoms with Crippen molar-refractivity contribution in [1.82, 2.24) is 10.2 Å². The summed E-state index contributed by atoms with van der Waals surface area (Å²) in [6, 6.07) is 7.47. The summed E-state index contributed by atoms with van der Waals surface area (Å²) in [5.74, 6) is 1.97. The van der Waals surface area contributed by atoms with Crippen LogP contribution in [-0.4, -0.2) is 39.2 Å². The number of aliphatic hydroxyl groups is 1. The Morgan fingerprint density at radius 1 is 1.17 bits per heavy atom. The monoisotopic (exact) mass is 488 g/mol. The molecule has 6 aliphatic rings. The van der Waals surface area contributed by atoms with Gasteiger partial charge in [0.1, 0.15) is 22.7 Å². The van der Waals surface area contributed by atoms with Crippen LogP contribution in [0.2, 0.25) is 0 Å². The number of hydrogen-bond donors (Lipinski definition) is 2. The average Bonchev–Trinajstić information content (AvgIpc) is 3.20. The van der Waals surface area contributed by atoms with Gasteiger partial charge in [-0.1, -0.05) is 28.1 Å². The summed E-state index contributed by atoms with van der Waals surface area (Å²) in [7, 11) is 0. The Labute approximate surface area is 188 Å². The van der Waals surface area contributed by atoms with Crippen LogP contribution < -0.4 is 5.32 Å². The number of thioether (sulfide) groups is 1.